The fourth-order valence-electron chi connectivity index (χ4n) is 2.28. The van der Waals surface area contributed by atoms with E-state index in [9.17, 15) is 14.4 Å². The fourth-order valence-corrected chi connectivity index (χ4v) is 3.32. The normalized spacial score (nSPS) is 11.5. The van der Waals surface area contributed by atoms with Crippen molar-refractivity contribution >= 4 is 52.5 Å². The van der Waals surface area contributed by atoms with E-state index in [1.165, 1.54) is 11.8 Å². The zero-order valence-electron chi connectivity index (χ0n) is 15.5. The summed E-state index contributed by atoms with van der Waals surface area (Å²) in [6.07, 6.45) is -0.287. The summed E-state index contributed by atoms with van der Waals surface area (Å²) in [6.45, 7) is 3.70. The summed E-state index contributed by atoms with van der Waals surface area (Å²) in [7, 11) is 0. The van der Waals surface area contributed by atoms with Crippen LogP contribution in [0.5, 0.6) is 0 Å². The van der Waals surface area contributed by atoms with Gasteiger partial charge in [-0.1, -0.05) is 17.7 Å². The third kappa shape index (κ3) is 6.90. The summed E-state index contributed by atoms with van der Waals surface area (Å²) >= 11 is 7.37. The number of halogens is 1. The molecule has 1 unspecified atom stereocenters. The summed E-state index contributed by atoms with van der Waals surface area (Å²) in [5, 5.41) is 14.3. The minimum Gasteiger partial charge on any atom is -0.481 e. The number of carbonyl (C=O) groups excluding carboxylic acids is 2. The van der Waals surface area contributed by atoms with Gasteiger partial charge in [0, 0.05) is 27.7 Å². The average molecular weight is 421 g/mol. The topological polar surface area (TPSA) is 95.5 Å². The van der Waals surface area contributed by atoms with Gasteiger partial charge < -0.3 is 15.7 Å². The maximum Gasteiger partial charge on any atom is 0.303 e. The highest BCUT2D eigenvalue weighted by Crippen LogP contribution is 2.27. The Balaban J connectivity index is 1.90. The van der Waals surface area contributed by atoms with Crippen LogP contribution in [0, 0.1) is 6.92 Å². The number of carbonyl (C=O) groups is 3. The summed E-state index contributed by atoms with van der Waals surface area (Å²) in [6, 6.07) is 12.4. The van der Waals surface area contributed by atoms with E-state index in [0.29, 0.717) is 16.4 Å². The van der Waals surface area contributed by atoms with Crippen molar-refractivity contribution in [2.24, 2.45) is 0 Å². The quantitative estimate of drug-likeness (QED) is 0.543. The van der Waals surface area contributed by atoms with Crippen molar-refractivity contribution in [3.8, 4) is 0 Å². The van der Waals surface area contributed by atoms with Gasteiger partial charge in [-0.3, -0.25) is 14.4 Å². The summed E-state index contributed by atoms with van der Waals surface area (Å²) in [5.74, 6) is -1.50. The van der Waals surface area contributed by atoms with Gasteiger partial charge in [0.2, 0.25) is 11.8 Å². The standard InChI is InChI=1S/C20H21ClN2O4S/c1-12-3-4-14(21)11-17(12)23-20(27)13(2)28-16-7-5-15(6-8-16)22-18(24)9-10-19(25)26/h3-8,11,13H,9-10H2,1-2H3,(H,22,24)(H,23,27)(H,25,26). The Bertz CT molecular complexity index is 871. The smallest absolute Gasteiger partial charge is 0.303 e. The predicted octanol–water partition coefficient (Wildman–Crippen LogP) is 4.57. The van der Waals surface area contributed by atoms with Crippen LogP contribution in [-0.4, -0.2) is 28.1 Å². The van der Waals surface area contributed by atoms with Gasteiger partial charge in [0.1, 0.15) is 0 Å². The molecule has 0 fully saturated rings. The number of nitrogens with one attached hydrogen (secondary N) is 2. The average Bonchev–Trinajstić information content (AvgIpc) is 2.64. The number of hydrogen-bond donors (Lipinski definition) is 3. The van der Waals surface area contributed by atoms with Crippen LogP contribution in [0.25, 0.3) is 0 Å². The molecule has 28 heavy (non-hydrogen) atoms. The molecule has 3 N–H and O–H groups in total. The number of amides is 2. The number of anilines is 2. The molecule has 0 heterocycles. The molecule has 1 atom stereocenters. The molecule has 0 aliphatic heterocycles. The summed E-state index contributed by atoms with van der Waals surface area (Å²) < 4.78 is 0. The second kappa shape index (κ2) is 10.1. The number of rotatable bonds is 8. The lowest BCUT2D eigenvalue weighted by Gasteiger charge is -2.14. The van der Waals surface area contributed by atoms with Crippen molar-refractivity contribution in [2.75, 3.05) is 10.6 Å². The fraction of sp³-hybridized carbons (Fsp3) is 0.250. The van der Waals surface area contributed by atoms with Crippen molar-refractivity contribution in [2.45, 2.75) is 36.8 Å². The van der Waals surface area contributed by atoms with Crippen molar-refractivity contribution in [1.82, 2.24) is 0 Å². The highest BCUT2D eigenvalue weighted by molar-refractivity contribution is 8.00. The molecule has 6 nitrogen and oxygen atoms in total. The van der Waals surface area contributed by atoms with E-state index in [2.05, 4.69) is 10.6 Å². The zero-order chi connectivity index (χ0) is 20.7. The van der Waals surface area contributed by atoms with Gasteiger partial charge in [-0.25, -0.2) is 0 Å². The Morgan fingerprint density at radius 1 is 1.07 bits per heavy atom. The molecule has 0 spiro atoms. The largest absolute Gasteiger partial charge is 0.481 e. The minimum atomic E-state index is -1.01. The second-order valence-electron chi connectivity index (χ2n) is 6.17. The SMILES string of the molecule is Cc1ccc(Cl)cc1NC(=O)C(C)Sc1ccc(NC(=O)CCC(=O)O)cc1. The Labute approximate surface area is 172 Å². The number of hydrogen-bond acceptors (Lipinski definition) is 4. The van der Waals surface area contributed by atoms with Crippen LogP contribution in [0.2, 0.25) is 5.02 Å². The van der Waals surface area contributed by atoms with Crippen LogP contribution in [0.3, 0.4) is 0 Å². The molecule has 0 radical (unpaired) electrons. The number of carboxylic acids is 1. The first kappa shape index (κ1) is 21.8. The molecular formula is C20H21ClN2O4S. The predicted molar refractivity (Wildman–Crippen MR) is 112 cm³/mol. The molecule has 2 rings (SSSR count). The van der Waals surface area contributed by atoms with E-state index in [1.807, 2.05) is 19.9 Å². The number of thioether (sulfide) groups is 1. The number of carboxylic acid groups (broad SMARTS) is 1. The molecule has 2 amide bonds. The first-order valence-electron chi connectivity index (χ1n) is 8.60. The summed E-state index contributed by atoms with van der Waals surface area (Å²) in [4.78, 5) is 35.4. The zero-order valence-corrected chi connectivity index (χ0v) is 17.1. The van der Waals surface area contributed by atoms with E-state index >= 15 is 0 Å². The molecule has 0 saturated heterocycles. The first-order chi connectivity index (χ1) is 13.2. The number of benzene rings is 2. The van der Waals surface area contributed by atoms with Crippen LogP contribution in [0.1, 0.15) is 25.3 Å². The molecule has 0 saturated carbocycles. The van der Waals surface area contributed by atoms with Crippen LogP contribution < -0.4 is 10.6 Å². The Kier molecular flexibility index (Phi) is 7.90. The van der Waals surface area contributed by atoms with Gasteiger partial charge in [-0.15, -0.1) is 11.8 Å². The van der Waals surface area contributed by atoms with E-state index in [-0.39, 0.29) is 29.9 Å². The van der Waals surface area contributed by atoms with E-state index < -0.39 is 5.97 Å². The highest BCUT2D eigenvalue weighted by atomic mass is 35.5. The lowest BCUT2D eigenvalue weighted by atomic mass is 10.2. The van der Waals surface area contributed by atoms with Crippen LogP contribution in [0.4, 0.5) is 11.4 Å². The monoisotopic (exact) mass is 420 g/mol. The van der Waals surface area contributed by atoms with E-state index in [1.54, 1.807) is 36.4 Å². The number of aryl methyl sites for hydroxylation is 1. The van der Waals surface area contributed by atoms with Gasteiger partial charge in [0.05, 0.1) is 11.7 Å². The van der Waals surface area contributed by atoms with E-state index in [0.717, 1.165) is 10.5 Å². The molecule has 8 heteroatoms. The van der Waals surface area contributed by atoms with Crippen molar-refractivity contribution in [1.29, 1.82) is 0 Å². The molecule has 148 valence electrons. The molecule has 0 bridgehead atoms. The van der Waals surface area contributed by atoms with Gasteiger partial charge in [0.15, 0.2) is 0 Å². The summed E-state index contributed by atoms with van der Waals surface area (Å²) in [5.41, 5.74) is 2.19. The second-order valence-corrected chi connectivity index (χ2v) is 8.03. The lowest BCUT2D eigenvalue weighted by molar-refractivity contribution is -0.138. The van der Waals surface area contributed by atoms with Gasteiger partial charge in [-0.2, -0.15) is 0 Å². The minimum absolute atomic E-state index is 0.0774. The van der Waals surface area contributed by atoms with E-state index in [4.69, 9.17) is 16.7 Å². The number of aliphatic carboxylic acids is 1. The Hall–Kier alpha value is -2.51. The van der Waals surface area contributed by atoms with Crippen molar-refractivity contribution < 1.29 is 19.5 Å². The third-order valence-electron chi connectivity index (χ3n) is 3.84. The third-order valence-corrected chi connectivity index (χ3v) is 5.19. The van der Waals surface area contributed by atoms with Crippen molar-refractivity contribution in [3.63, 3.8) is 0 Å². The molecule has 0 aliphatic rings. The molecule has 0 aromatic heterocycles. The molecule has 0 aliphatic carbocycles. The van der Waals surface area contributed by atoms with Crippen LogP contribution in [-0.2, 0) is 14.4 Å². The van der Waals surface area contributed by atoms with Gasteiger partial charge >= 0.3 is 5.97 Å². The van der Waals surface area contributed by atoms with Gasteiger partial charge in [-0.05, 0) is 55.8 Å². The molecule has 2 aromatic rings. The lowest BCUT2D eigenvalue weighted by Crippen LogP contribution is -2.22. The van der Waals surface area contributed by atoms with Crippen molar-refractivity contribution in [3.05, 3.63) is 53.1 Å². The Morgan fingerprint density at radius 3 is 2.39 bits per heavy atom. The maximum atomic E-state index is 12.4. The van der Waals surface area contributed by atoms with Gasteiger partial charge in [0.25, 0.3) is 0 Å². The molecule has 2 aromatic carbocycles. The maximum absolute atomic E-state index is 12.4. The van der Waals surface area contributed by atoms with Crippen LogP contribution >= 0.6 is 23.4 Å². The van der Waals surface area contributed by atoms with Crippen LogP contribution in [0.15, 0.2) is 47.4 Å². The molecular weight excluding hydrogens is 400 g/mol. The first-order valence-corrected chi connectivity index (χ1v) is 9.85. The Morgan fingerprint density at radius 2 is 1.75 bits per heavy atom. The highest BCUT2D eigenvalue weighted by Gasteiger charge is 2.16.